The van der Waals surface area contributed by atoms with E-state index < -0.39 is 6.61 Å². The summed E-state index contributed by atoms with van der Waals surface area (Å²) in [6, 6.07) is 4.70. The van der Waals surface area contributed by atoms with Crippen molar-refractivity contribution in [3.63, 3.8) is 0 Å². The van der Waals surface area contributed by atoms with Gasteiger partial charge in [-0.05, 0) is 25.1 Å². The van der Waals surface area contributed by atoms with E-state index in [1.807, 2.05) is 6.92 Å². The first kappa shape index (κ1) is 18.1. The summed E-state index contributed by atoms with van der Waals surface area (Å²) in [6.45, 7) is 0.792. The van der Waals surface area contributed by atoms with E-state index in [9.17, 15) is 13.6 Å². The van der Waals surface area contributed by atoms with Crippen molar-refractivity contribution in [3.8, 4) is 5.75 Å². The number of carbonyl (C=O) groups is 1. The summed E-state index contributed by atoms with van der Waals surface area (Å²) in [5, 5.41) is 3.22. The standard InChI is InChI=1S/C13H15BrF2N2O2.ClH/c1-8-7-18(5-4-17-8)12(19)10-3-2-9(14)6-11(10)20-13(15)16;/h2-3,6,8,13,17H,4-5,7H2,1H3;1H/t8-;/m0./s1. The van der Waals surface area contributed by atoms with Gasteiger partial charge >= 0.3 is 6.61 Å². The lowest BCUT2D eigenvalue weighted by atomic mass is 10.1. The molecule has 4 nitrogen and oxygen atoms in total. The van der Waals surface area contributed by atoms with Gasteiger partial charge in [0.25, 0.3) is 5.91 Å². The molecule has 1 atom stereocenters. The number of amides is 1. The molecular formula is C13H16BrClF2N2O2. The molecule has 2 rings (SSSR count). The second-order valence-corrected chi connectivity index (χ2v) is 5.54. The number of rotatable bonds is 3. The monoisotopic (exact) mass is 384 g/mol. The molecule has 0 saturated carbocycles. The molecule has 1 amide bonds. The summed E-state index contributed by atoms with van der Waals surface area (Å²) in [7, 11) is 0. The fourth-order valence-corrected chi connectivity index (χ4v) is 2.49. The van der Waals surface area contributed by atoms with Gasteiger partial charge < -0.3 is 15.0 Å². The maximum Gasteiger partial charge on any atom is 0.387 e. The highest BCUT2D eigenvalue weighted by Crippen LogP contribution is 2.26. The molecule has 1 aliphatic rings. The average molecular weight is 386 g/mol. The molecule has 1 aromatic carbocycles. The molecule has 0 spiro atoms. The molecule has 1 N–H and O–H groups in total. The first-order valence-electron chi connectivity index (χ1n) is 6.24. The van der Waals surface area contributed by atoms with Gasteiger partial charge in [-0.25, -0.2) is 0 Å². The molecule has 118 valence electrons. The van der Waals surface area contributed by atoms with Crippen molar-refractivity contribution >= 4 is 34.2 Å². The van der Waals surface area contributed by atoms with Crippen LogP contribution in [0.15, 0.2) is 22.7 Å². The van der Waals surface area contributed by atoms with Crippen molar-refractivity contribution in [2.75, 3.05) is 19.6 Å². The number of nitrogens with one attached hydrogen (secondary N) is 1. The van der Waals surface area contributed by atoms with Gasteiger partial charge in [-0.3, -0.25) is 4.79 Å². The predicted molar refractivity (Wildman–Crippen MR) is 81.4 cm³/mol. The second-order valence-electron chi connectivity index (χ2n) is 4.63. The largest absolute Gasteiger partial charge is 0.434 e. The first-order valence-corrected chi connectivity index (χ1v) is 7.03. The number of carbonyl (C=O) groups excluding carboxylic acids is 1. The Morgan fingerprint density at radius 3 is 2.86 bits per heavy atom. The number of nitrogens with zero attached hydrogens (tertiary/aromatic N) is 1. The molecule has 0 radical (unpaired) electrons. The zero-order valence-electron chi connectivity index (χ0n) is 11.3. The summed E-state index contributed by atoms with van der Waals surface area (Å²) < 4.78 is 29.9. The third-order valence-corrected chi connectivity index (χ3v) is 3.54. The molecule has 0 aromatic heterocycles. The Morgan fingerprint density at radius 2 is 2.24 bits per heavy atom. The Morgan fingerprint density at radius 1 is 1.52 bits per heavy atom. The van der Waals surface area contributed by atoms with Crippen molar-refractivity contribution in [1.29, 1.82) is 0 Å². The lowest BCUT2D eigenvalue weighted by Gasteiger charge is -2.32. The zero-order valence-corrected chi connectivity index (χ0v) is 13.7. The van der Waals surface area contributed by atoms with Gasteiger partial charge in [-0.15, -0.1) is 12.4 Å². The Hall–Kier alpha value is -0.920. The zero-order chi connectivity index (χ0) is 14.7. The fourth-order valence-electron chi connectivity index (χ4n) is 2.15. The van der Waals surface area contributed by atoms with E-state index in [1.165, 1.54) is 12.1 Å². The van der Waals surface area contributed by atoms with E-state index in [1.54, 1.807) is 11.0 Å². The molecule has 1 aliphatic heterocycles. The van der Waals surface area contributed by atoms with Gasteiger partial charge in [0.05, 0.1) is 5.56 Å². The van der Waals surface area contributed by atoms with Crippen LogP contribution in [0.5, 0.6) is 5.75 Å². The SMILES string of the molecule is C[C@H]1CN(C(=O)c2ccc(Br)cc2OC(F)F)CCN1.Cl. The number of ether oxygens (including phenoxy) is 1. The van der Waals surface area contributed by atoms with Crippen molar-refractivity contribution in [1.82, 2.24) is 10.2 Å². The number of piperazine rings is 1. The van der Waals surface area contributed by atoms with Crippen LogP contribution in [0.1, 0.15) is 17.3 Å². The lowest BCUT2D eigenvalue weighted by Crippen LogP contribution is -2.51. The summed E-state index contributed by atoms with van der Waals surface area (Å²) in [4.78, 5) is 14.1. The minimum atomic E-state index is -2.96. The number of hydrogen-bond donors (Lipinski definition) is 1. The number of hydrogen-bond acceptors (Lipinski definition) is 3. The molecule has 8 heteroatoms. The Kier molecular flexibility index (Phi) is 6.83. The van der Waals surface area contributed by atoms with Crippen LogP contribution < -0.4 is 10.1 Å². The summed E-state index contributed by atoms with van der Waals surface area (Å²) in [5.74, 6) is -0.396. The highest BCUT2D eigenvalue weighted by Gasteiger charge is 2.25. The second kappa shape index (κ2) is 7.91. The molecule has 1 fully saturated rings. The van der Waals surface area contributed by atoms with Gasteiger partial charge in [0, 0.05) is 30.1 Å². The number of alkyl halides is 2. The molecule has 1 heterocycles. The van der Waals surface area contributed by atoms with Crippen molar-refractivity contribution in [3.05, 3.63) is 28.2 Å². The summed E-state index contributed by atoms with van der Waals surface area (Å²) >= 11 is 3.18. The highest BCUT2D eigenvalue weighted by atomic mass is 79.9. The van der Waals surface area contributed by atoms with E-state index in [4.69, 9.17) is 0 Å². The maximum absolute atomic E-state index is 12.4. The first-order chi connectivity index (χ1) is 9.47. The van der Waals surface area contributed by atoms with Crippen LogP contribution in [0.25, 0.3) is 0 Å². The average Bonchev–Trinajstić information content (AvgIpc) is 2.37. The third kappa shape index (κ3) is 4.79. The molecule has 21 heavy (non-hydrogen) atoms. The van der Waals surface area contributed by atoms with Crippen LogP contribution in [-0.2, 0) is 0 Å². The molecular weight excluding hydrogens is 370 g/mol. The van der Waals surface area contributed by atoms with E-state index in [0.717, 1.165) is 0 Å². The lowest BCUT2D eigenvalue weighted by molar-refractivity contribution is -0.0503. The van der Waals surface area contributed by atoms with Gasteiger partial charge in [0.1, 0.15) is 5.75 Å². The quantitative estimate of drug-likeness (QED) is 0.870. The van der Waals surface area contributed by atoms with E-state index in [-0.39, 0.29) is 35.7 Å². The smallest absolute Gasteiger partial charge is 0.387 e. The fraction of sp³-hybridized carbons (Fsp3) is 0.462. The van der Waals surface area contributed by atoms with E-state index in [2.05, 4.69) is 26.0 Å². The highest BCUT2D eigenvalue weighted by molar-refractivity contribution is 9.10. The molecule has 0 bridgehead atoms. The van der Waals surface area contributed by atoms with Crippen LogP contribution >= 0.6 is 28.3 Å². The maximum atomic E-state index is 12.4. The third-order valence-electron chi connectivity index (χ3n) is 3.05. The van der Waals surface area contributed by atoms with Gasteiger partial charge in [0.2, 0.25) is 0 Å². The Labute approximate surface area is 136 Å². The topological polar surface area (TPSA) is 41.6 Å². The minimum absolute atomic E-state index is 0. The molecule has 0 unspecified atom stereocenters. The molecule has 1 saturated heterocycles. The van der Waals surface area contributed by atoms with Crippen LogP contribution in [0, 0.1) is 0 Å². The number of benzene rings is 1. The van der Waals surface area contributed by atoms with Crippen molar-refractivity contribution in [2.45, 2.75) is 19.6 Å². The predicted octanol–water partition coefficient (Wildman–Crippen LogP) is 2.91. The molecule has 0 aliphatic carbocycles. The summed E-state index contributed by atoms with van der Waals surface area (Å²) in [5.41, 5.74) is 0.155. The normalized spacial score (nSPS) is 18.3. The summed E-state index contributed by atoms with van der Waals surface area (Å²) in [6.07, 6.45) is 0. The van der Waals surface area contributed by atoms with Crippen LogP contribution in [0.4, 0.5) is 8.78 Å². The van der Waals surface area contributed by atoms with Gasteiger partial charge in [-0.1, -0.05) is 15.9 Å². The Bertz CT molecular complexity index is 505. The van der Waals surface area contributed by atoms with Crippen LogP contribution in [0.3, 0.4) is 0 Å². The molecule has 1 aromatic rings. The Balaban J connectivity index is 0.00000220. The van der Waals surface area contributed by atoms with Crippen LogP contribution in [-0.4, -0.2) is 43.1 Å². The van der Waals surface area contributed by atoms with E-state index in [0.29, 0.717) is 24.1 Å². The van der Waals surface area contributed by atoms with E-state index >= 15 is 0 Å². The van der Waals surface area contributed by atoms with Gasteiger partial charge in [-0.2, -0.15) is 8.78 Å². The number of halogens is 4. The minimum Gasteiger partial charge on any atom is -0.434 e. The van der Waals surface area contributed by atoms with Crippen molar-refractivity contribution in [2.24, 2.45) is 0 Å². The van der Waals surface area contributed by atoms with Gasteiger partial charge in [0.15, 0.2) is 0 Å². The van der Waals surface area contributed by atoms with Crippen LogP contribution in [0.2, 0.25) is 0 Å². The van der Waals surface area contributed by atoms with Crippen molar-refractivity contribution < 1.29 is 18.3 Å².